The standard InChI is InChI=1S/C21H21N3O3S/c1-15(21(26)24(2)13-16-7-4-3-5-8-16)27-19(25)11-18-14-28-20(23-18)17-9-6-10-22-12-17/h3-10,12,14-15H,11,13H2,1-2H3/t15-/m1/s1. The van der Waals surface area contributed by atoms with E-state index in [0.717, 1.165) is 16.1 Å². The van der Waals surface area contributed by atoms with Crippen molar-refractivity contribution in [1.82, 2.24) is 14.9 Å². The van der Waals surface area contributed by atoms with Crippen LogP contribution in [0, 0.1) is 0 Å². The number of thiazole rings is 1. The van der Waals surface area contributed by atoms with Gasteiger partial charge in [0.1, 0.15) is 5.01 Å². The highest BCUT2D eigenvalue weighted by atomic mass is 32.1. The second kappa shape index (κ2) is 9.23. The Morgan fingerprint density at radius 3 is 2.68 bits per heavy atom. The van der Waals surface area contributed by atoms with Crippen LogP contribution in [0.2, 0.25) is 0 Å². The van der Waals surface area contributed by atoms with Gasteiger partial charge in [0.2, 0.25) is 0 Å². The molecule has 1 aromatic carbocycles. The summed E-state index contributed by atoms with van der Waals surface area (Å²) in [5.74, 6) is -0.719. The van der Waals surface area contributed by atoms with Crippen molar-refractivity contribution < 1.29 is 14.3 Å². The maximum atomic E-state index is 12.5. The molecular weight excluding hydrogens is 374 g/mol. The molecule has 2 heterocycles. The molecule has 0 radical (unpaired) electrons. The maximum absolute atomic E-state index is 12.5. The van der Waals surface area contributed by atoms with E-state index in [1.165, 1.54) is 11.3 Å². The summed E-state index contributed by atoms with van der Waals surface area (Å²) in [7, 11) is 1.69. The van der Waals surface area contributed by atoms with Gasteiger partial charge in [-0.05, 0) is 24.6 Å². The molecule has 0 saturated carbocycles. The van der Waals surface area contributed by atoms with Crippen molar-refractivity contribution in [3.63, 3.8) is 0 Å². The first-order valence-electron chi connectivity index (χ1n) is 8.86. The zero-order chi connectivity index (χ0) is 19.9. The average molecular weight is 395 g/mol. The minimum atomic E-state index is -0.849. The largest absolute Gasteiger partial charge is 0.452 e. The van der Waals surface area contributed by atoms with Gasteiger partial charge in [-0.15, -0.1) is 11.3 Å². The van der Waals surface area contributed by atoms with E-state index < -0.39 is 12.1 Å². The van der Waals surface area contributed by atoms with E-state index in [2.05, 4.69) is 9.97 Å². The van der Waals surface area contributed by atoms with E-state index >= 15 is 0 Å². The average Bonchev–Trinajstić information content (AvgIpc) is 3.17. The minimum Gasteiger partial charge on any atom is -0.452 e. The molecule has 0 fully saturated rings. The second-order valence-electron chi connectivity index (χ2n) is 6.37. The smallest absolute Gasteiger partial charge is 0.312 e. The van der Waals surface area contributed by atoms with Gasteiger partial charge in [0.05, 0.1) is 12.1 Å². The lowest BCUT2D eigenvalue weighted by atomic mass is 10.2. The number of carbonyl (C=O) groups excluding carboxylic acids is 2. The van der Waals surface area contributed by atoms with Crippen molar-refractivity contribution in [3.8, 4) is 10.6 Å². The molecule has 144 valence electrons. The lowest BCUT2D eigenvalue weighted by Crippen LogP contribution is -2.37. The Morgan fingerprint density at radius 1 is 1.18 bits per heavy atom. The Balaban J connectivity index is 1.52. The topological polar surface area (TPSA) is 72.4 Å². The second-order valence-corrected chi connectivity index (χ2v) is 7.23. The molecule has 7 heteroatoms. The van der Waals surface area contributed by atoms with Crippen LogP contribution in [0.3, 0.4) is 0 Å². The van der Waals surface area contributed by atoms with E-state index in [-0.39, 0.29) is 12.3 Å². The van der Waals surface area contributed by atoms with Crippen molar-refractivity contribution in [3.05, 3.63) is 71.5 Å². The van der Waals surface area contributed by atoms with E-state index in [1.54, 1.807) is 31.3 Å². The van der Waals surface area contributed by atoms with Crippen molar-refractivity contribution in [2.24, 2.45) is 0 Å². The van der Waals surface area contributed by atoms with Gasteiger partial charge in [-0.3, -0.25) is 14.6 Å². The van der Waals surface area contributed by atoms with Crippen LogP contribution in [0.4, 0.5) is 0 Å². The summed E-state index contributed by atoms with van der Waals surface area (Å²) in [6, 6.07) is 13.4. The summed E-state index contributed by atoms with van der Waals surface area (Å²) < 4.78 is 5.31. The molecular formula is C21H21N3O3S. The summed E-state index contributed by atoms with van der Waals surface area (Å²) in [6.07, 6.45) is 2.60. The third-order valence-electron chi connectivity index (χ3n) is 4.08. The van der Waals surface area contributed by atoms with Crippen LogP contribution in [0.1, 0.15) is 18.2 Å². The summed E-state index contributed by atoms with van der Waals surface area (Å²) in [5, 5.41) is 2.61. The van der Waals surface area contributed by atoms with Crippen molar-refractivity contribution in [1.29, 1.82) is 0 Å². The predicted octanol–water partition coefficient (Wildman–Crippen LogP) is 3.34. The lowest BCUT2D eigenvalue weighted by molar-refractivity contribution is -0.158. The van der Waals surface area contributed by atoms with Gasteiger partial charge in [0.15, 0.2) is 6.10 Å². The Hall–Kier alpha value is -3.06. The molecule has 1 atom stereocenters. The van der Waals surface area contributed by atoms with Crippen molar-refractivity contribution in [2.45, 2.75) is 26.0 Å². The predicted molar refractivity (Wildman–Crippen MR) is 108 cm³/mol. The van der Waals surface area contributed by atoms with Crippen LogP contribution in [-0.2, 0) is 27.3 Å². The highest BCUT2D eigenvalue weighted by Crippen LogP contribution is 2.23. The van der Waals surface area contributed by atoms with Crippen LogP contribution in [-0.4, -0.2) is 39.9 Å². The zero-order valence-electron chi connectivity index (χ0n) is 15.7. The van der Waals surface area contributed by atoms with Crippen LogP contribution >= 0.6 is 11.3 Å². The van der Waals surface area contributed by atoms with Gasteiger partial charge in [-0.2, -0.15) is 0 Å². The van der Waals surface area contributed by atoms with Crippen molar-refractivity contribution >= 4 is 23.2 Å². The molecule has 0 spiro atoms. The van der Waals surface area contributed by atoms with E-state index in [0.29, 0.717) is 12.2 Å². The third kappa shape index (κ3) is 5.23. The van der Waals surface area contributed by atoms with Crippen LogP contribution < -0.4 is 0 Å². The first-order valence-corrected chi connectivity index (χ1v) is 9.74. The maximum Gasteiger partial charge on any atom is 0.312 e. The van der Waals surface area contributed by atoms with Gasteiger partial charge in [0.25, 0.3) is 5.91 Å². The number of nitrogens with zero attached hydrogens (tertiary/aromatic N) is 3. The van der Waals surface area contributed by atoms with E-state index in [4.69, 9.17) is 4.74 Å². The molecule has 0 bridgehead atoms. The van der Waals surface area contributed by atoms with E-state index in [9.17, 15) is 9.59 Å². The number of aromatic nitrogens is 2. The van der Waals surface area contributed by atoms with Gasteiger partial charge in [-0.25, -0.2) is 4.98 Å². The first kappa shape index (κ1) is 19.7. The third-order valence-corrected chi connectivity index (χ3v) is 5.02. The van der Waals surface area contributed by atoms with Crippen LogP contribution in [0.25, 0.3) is 10.6 Å². The summed E-state index contributed by atoms with van der Waals surface area (Å²) in [4.78, 5) is 34.7. The van der Waals surface area contributed by atoms with Crippen LogP contribution in [0.15, 0.2) is 60.2 Å². The summed E-state index contributed by atoms with van der Waals surface area (Å²) >= 11 is 1.44. The molecule has 1 amide bonds. The monoisotopic (exact) mass is 395 g/mol. The number of hydrogen-bond acceptors (Lipinski definition) is 6. The number of benzene rings is 1. The molecule has 3 aromatic rings. The SMILES string of the molecule is C[C@@H](OC(=O)Cc1csc(-c2cccnc2)n1)C(=O)N(C)Cc1ccccc1. The fourth-order valence-electron chi connectivity index (χ4n) is 2.69. The molecule has 0 aliphatic heterocycles. The molecule has 2 aromatic heterocycles. The number of ether oxygens (including phenoxy) is 1. The number of likely N-dealkylation sites (N-methyl/N-ethyl adjacent to an activating group) is 1. The molecule has 0 aliphatic carbocycles. The molecule has 6 nitrogen and oxygen atoms in total. The molecule has 0 unspecified atom stereocenters. The summed E-state index contributed by atoms with van der Waals surface area (Å²) in [5.41, 5.74) is 2.53. The molecule has 28 heavy (non-hydrogen) atoms. The Bertz CT molecular complexity index is 928. The quantitative estimate of drug-likeness (QED) is 0.574. The lowest BCUT2D eigenvalue weighted by Gasteiger charge is -2.21. The Morgan fingerprint density at radius 2 is 1.96 bits per heavy atom. The van der Waals surface area contributed by atoms with Gasteiger partial charge in [-0.1, -0.05) is 30.3 Å². The van der Waals surface area contributed by atoms with Gasteiger partial charge in [0, 0.05) is 36.9 Å². The fourth-order valence-corrected chi connectivity index (χ4v) is 3.50. The normalized spacial score (nSPS) is 11.6. The molecule has 0 saturated heterocycles. The Labute approximate surface area is 167 Å². The van der Waals surface area contributed by atoms with Crippen LogP contribution in [0.5, 0.6) is 0 Å². The number of hydrogen-bond donors (Lipinski definition) is 0. The molecule has 0 N–H and O–H groups in total. The highest BCUT2D eigenvalue weighted by molar-refractivity contribution is 7.13. The van der Waals surface area contributed by atoms with E-state index in [1.807, 2.05) is 47.8 Å². The number of amides is 1. The number of esters is 1. The van der Waals surface area contributed by atoms with Gasteiger partial charge >= 0.3 is 5.97 Å². The first-order chi connectivity index (χ1) is 13.5. The molecule has 3 rings (SSSR count). The number of rotatable bonds is 7. The van der Waals surface area contributed by atoms with Gasteiger partial charge < -0.3 is 9.64 Å². The molecule has 0 aliphatic rings. The zero-order valence-corrected chi connectivity index (χ0v) is 16.6. The number of pyridine rings is 1. The van der Waals surface area contributed by atoms with Crippen molar-refractivity contribution in [2.75, 3.05) is 7.05 Å². The number of carbonyl (C=O) groups is 2. The minimum absolute atomic E-state index is 0.0246. The summed E-state index contributed by atoms with van der Waals surface area (Å²) in [6.45, 7) is 2.05. The highest BCUT2D eigenvalue weighted by Gasteiger charge is 2.22. The Kier molecular flexibility index (Phi) is 6.49. The fraction of sp³-hybridized carbons (Fsp3) is 0.238.